The molecule has 0 aliphatic heterocycles. The molecule has 0 fully saturated rings. The van der Waals surface area contributed by atoms with Crippen LogP contribution in [0.25, 0.3) is 11.3 Å². The van der Waals surface area contributed by atoms with E-state index in [4.69, 9.17) is 0 Å². The van der Waals surface area contributed by atoms with Crippen molar-refractivity contribution in [2.75, 3.05) is 0 Å². The topological polar surface area (TPSA) is 40.7 Å². The first-order valence-corrected chi connectivity index (χ1v) is 7.48. The summed E-state index contributed by atoms with van der Waals surface area (Å²) in [5, 5.41) is 10.9. The molecule has 3 nitrogen and oxygen atoms in total. The second-order valence-corrected chi connectivity index (χ2v) is 5.89. The van der Waals surface area contributed by atoms with Gasteiger partial charge in [-0.05, 0) is 31.2 Å². The number of hydrogen-bond acceptors (Lipinski definition) is 2. The highest BCUT2D eigenvalue weighted by atomic mass is 15.1. The van der Waals surface area contributed by atoms with Gasteiger partial charge in [0.05, 0.1) is 11.9 Å². The van der Waals surface area contributed by atoms with Gasteiger partial charge in [-0.3, -0.25) is 5.10 Å². The molecule has 0 amide bonds. The van der Waals surface area contributed by atoms with Crippen molar-refractivity contribution in [2.45, 2.75) is 46.2 Å². The molecule has 0 bridgehead atoms. The Kier molecular flexibility index (Phi) is 5.36. The van der Waals surface area contributed by atoms with Crippen molar-refractivity contribution in [1.29, 1.82) is 0 Å². The van der Waals surface area contributed by atoms with Crippen LogP contribution in [0.3, 0.4) is 0 Å². The molecule has 20 heavy (non-hydrogen) atoms. The number of benzene rings is 1. The second-order valence-electron chi connectivity index (χ2n) is 5.89. The number of nitrogens with one attached hydrogen (secondary N) is 2. The fourth-order valence-corrected chi connectivity index (χ4v) is 2.27. The maximum Gasteiger partial charge on any atom is 0.0695 e. The molecule has 0 aliphatic rings. The zero-order valence-electron chi connectivity index (χ0n) is 12.7. The largest absolute Gasteiger partial charge is 0.310 e. The van der Waals surface area contributed by atoms with Crippen molar-refractivity contribution in [3.05, 3.63) is 42.1 Å². The van der Waals surface area contributed by atoms with E-state index in [1.165, 1.54) is 24.0 Å². The third kappa shape index (κ3) is 4.20. The molecule has 1 atom stereocenters. The SMILES string of the molecule is CC(C)CCC(C)NCc1cn[nH]c1-c1ccccc1. The van der Waals surface area contributed by atoms with Crippen molar-refractivity contribution in [3.63, 3.8) is 0 Å². The first-order chi connectivity index (χ1) is 9.66. The number of rotatable bonds is 7. The van der Waals surface area contributed by atoms with Crippen LogP contribution in [0, 0.1) is 5.92 Å². The number of aromatic amines is 1. The first-order valence-electron chi connectivity index (χ1n) is 7.48. The Morgan fingerprint density at radius 2 is 1.85 bits per heavy atom. The van der Waals surface area contributed by atoms with Crippen LogP contribution in [-0.4, -0.2) is 16.2 Å². The zero-order valence-corrected chi connectivity index (χ0v) is 12.7. The third-order valence-electron chi connectivity index (χ3n) is 3.60. The van der Waals surface area contributed by atoms with Crippen LogP contribution in [0.5, 0.6) is 0 Å². The van der Waals surface area contributed by atoms with Gasteiger partial charge in [-0.25, -0.2) is 0 Å². The van der Waals surface area contributed by atoms with Crippen molar-refractivity contribution in [2.24, 2.45) is 5.92 Å². The molecule has 2 N–H and O–H groups in total. The second kappa shape index (κ2) is 7.25. The maximum atomic E-state index is 4.19. The molecule has 3 heteroatoms. The summed E-state index contributed by atoms with van der Waals surface area (Å²) in [7, 11) is 0. The Labute approximate surface area is 121 Å². The van der Waals surface area contributed by atoms with Gasteiger partial charge in [0, 0.05) is 18.2 Å². The van der Waals surface area contributed by atoms with Crippen LogP contribution in [0.1, 0.15) is 39.2 Å². The highest BCUT2D eigenvalue weighted by Crippen LogP contribution is 2.20. The third-order valence-corrected chi connectivity index (χ3v) is 3.60. The monoisotopic (exact) mass is 271 g/mol. The molecule has 0 aliphatic carbocycles. The van der Waals surface area contributed by atoms with Gasteiger partial charge in [-0.15, -0.1) is 0 Å². The molecule has 1 unspecified atom stereocenters. The average Bonchev–Trinajstić information content (AvgIpc) is 2.92. The van der Waals surface area contributed by atoms with E-state index in [2.05, 4.69) is 60.6 Å². The van der Waals surface area contributed by atoms with Gasteiger partial charge < -0.3 is 5.32 Å². The number of aromatic nitrogens is 2. The lowest BCUT2D eigenvalue weighted by Gasteiger charge is -2.15. The minimum absolute atomic E-state index is 0.538. The van der Waals surface area contributed by atoms with Crippen molar-refractivity contribution in [3.8, 4) is 11.3 Å². The molecule has 2 aromatic rings. The summed E-state index contributed by atoms with van der Waals surface area (Å²) in [6.07, 6.45) is 4.41. The number of hydrogen-bond donors (Lipinski definition) is 2. The summed E-state index contributed by atoms with van der Waals surface area (Å²) in [6.45, 7) is 7.66. The van der Waals surface area contributed by atoms with Crippen LogP contribution in [-0.2, 0) is 6.54 Å². The lowest BCUT2D eigenvalue weighted by Crippen LogP contribution is -2.25. The summed E-state index contributed by atoms with van der Waals surface area (Å²) >= 11 is 0. The molecule has 2 rings (SSSR count). The van der Waals surface area contributed by atoms with E-state index in [-0.39, 0.29) is 0 Å². The van der Waals surface area contributed by atoms with E-state index in [9.17, 15) is 0 Å². The van der Waals surface area contributed by atoms with E-state index < -0.39 is 0 Å². The molecule has 0 saturated carbocycles. The van der Waals surface area contributed by atoms with Crippen LogP contribution in [0.2, 0.25) is 0 Å². The predicted octanol–water partition coefficient (Wildman–Crippen LogP) is 3.99. The highest BCUT2D eigenvalue weighted by molar-refractivity contribution is 5.62. The minimum atomic E-state index is 0.538. The minimum Gasteiger partial charge on any atom is -0.310 e. The molecule has 0 spiro atoms. The Morgan fingerprint density at radius 1 is 1.10 bits per heavy atom. The van der Waals surface area contributed by atoms with E-state index in [0.29, 0.717) is 6.04 Å². The van der Waals surface area contributed by atoms with Gasteiger partial charge in [0.2, 0.25) is 0 Å². The van der Waals surface area contributed by atoms with Crippen molar-refractivity contribution >= 4 is 0 Å². The van der Waals surface area contributed by atoms with Crippen LogP contribution < -0.4 is 5.32 Å². The summed E-state index contributed by atoms with van der Waals surface area (Å²) in [5.41, 5.74) is 3.54. The Bertz CT molecular complexity index is 502. The Morgan fingerprint density at radius 3 is 2.55 bits per heavy atom. The quantitative estimate of drug-likeness (QED) is 0.799. The molecule has 0 radical (unpaired) electrons. The Hall–Kier alpha value is -1.61. The summed E-state index contributed by atoms with van der Waals surface area (Å²) in [4.78, 5) is 0. The van der Waals surface area contributed by atoms with Gasteiger partial charge in [-0.1, -0.05) is 44.2 Å². The number of H-pyrrole nitrogens is 1. The fourth-order valence-electron chi connectivity index (χ4n) is 2.27. The smallest absolute Gasteiger partial charge is 0.0695 e. The molecular weight excluding hydrogens is 246 g/mol. The van der Waals surface area contributed by atoms with E-state index in [0.717, 1.165) is 18.2 Å². The van der Waals surface area contributed by atoms with Crippen molar-refractivity contribution < 1.29 is 0 Å². The van der Waals surface area contributed by atoms with Crippen LogP contribution in [0.15, 0.2) is 36.5 Å². The Balaban J connectivity index is 1.93. The van der Waals surface area contributed by atoms with Gasteiger partial charge >= 0.3 is 0 Å². The summed E-state index contributed by atoms with van der Waals surface area (Å²) < 4.78 is 0. The summed E-state index contributed by atoms with van der Waals surface area (Å²) in [6, 6.07) is 10.9. The van der Waals surface area contributed by atoms with E-state index in [1.807, 2.05) is 12.3 Å². The van der Waals surface area contributed by atoms with Crippen LogP contribution in [0.4, 0.5) is 0 Å². The molecule has 108 valence electrons. The number of nitrogens with zero attached hydrogens (tertiary/aromatic N) is 1. The van der Waals surface area contributed by atoms with E-state index >= 15 is 0 Å². The maximum absolute atomic E-state index is 4.19. The fraction of sp³-hybridized carbons (Fsp3) is 0.471. The van der Waals surface area contributed by atoms with Gasteiger partial charge in [0.1, 0.15) is 0 Å². The van der Waals surface area contributed by atoms with E-state index in [1.54, 1.807) is 0 Å². The lowest BCUT2D eigenvalue weighted by atomic mass is 10.0. The molecule has 1 aromatic heterocycles. The van der Waals surface area contributed by atoms with Crippen LogP contribution >= 0.6 is 0 Å². The molecule has 1 aromatic carbocycles. The van der Waals surface area contributed by atoms with Gasteiger partial charge in [0.25, 0.3) is 0 Å². The van der Waals surface area contributed by atoms with Gasteiger partial charge in [-0.2, -0.15) is 5.10 Å². The normalized spacial score (nSPS) is 12.8. The molecular formula is C17H25N3. The van der Waals surface area contributed by atoms with Crippen molar-refractivity contribution in [1.82, 2.24) is 15.5 Å². The standard InChI is InChI=1S/C17H25N3/c1-13(2)9-10-14(3)18-11-16-12-19-20-17(16)15-7-5-4-6-8-15/h4-8,12-14,18H,9-11H2,1-3H3,(H,19,20). The predicted molar refractivity (Wildman–Crippen MR) is 84.4 cm³/mol. The molecule has 1 heterocycles. The highest BCUT2D eigenvalue weighted by Gasteiger charge is 2.09. The molecule has 0 saturated heterocycles. The lowest BCUT2D eigenvalue weighted by molar-refractivity contribution is 0.451. The van der Waals surface area contributed by atoms with Gasteiger partial charge in [0.15, 0.2) is 0 Å². The zero-order chi connectivity index (χ0) is 14.4. The first kappa shape index (κ1) is 14.8. The average molecular weight is 271 g/mol. The summed E-state index contributed by atoms with van der Waals surface area (Å²) in [5.74, 6) is 0.771.